The van der Waals surface area contributed by atoms with Gasteiger partial charge < -0.3 is 28.4 Å². The maximum Gasteiger partial charge on any atom is 0.344 e. The number of benzene rings is 3. The number of cyclic esters (lactones) is 2. The van der Waals surface area contributed by atoms with Crippen molar-refractivity contribution in [1.29, 1.82) is 0 Å². The maximum atomic E-state index is 13.5. The third-order valence-corrected chi connectivity index (χ3v) is 6.06. The van der Waals surface area contributed by atoms with E-state index in [-0.39, 0.29) is 11.3 Å². The van der Waals surface area contributed by atoms with Crippen molar-refractivity contribution in [2.75, 3.05) is 28.4 Å². The molecule has 5 rings (SSSR count). The van der Waals surface area contributed by atoms with E-state index in [1.165, 1.54) is 21.3 Å². The molecule has 0 aliphatic carbocycles. The lowest BCUT2D eigenvalue weighted by atomic mass is 9.87. The summed E-state index contributed by atoms with van der Waals surface area (Å²) < 4.78 is 33.3. The average Bonchev–Trinajstić information content (AvgIpc) is 3.22. The highest BCUT2D eigenvalue weighted by Gasteiger charge is 2.40. The summed E-state index contributed by atoms with van der Waals surface area (Å²) in [5.41, 5.74) is 2.85. The molecule has 1 atom stereocenters. The van der Waals surface area contributed by atoms with Crippen LogP contribution in [0.2, 0.25) is 0 Å². The van der Waals surface area contributed by atoms with E-state index in [1.807, 2.05) is 0 Å². The van der Waals surface area contributed by atoms with Crippen molar-refractivity contribution < 1.29 is 38.0 Å². The summed E-state index contributed by atoms with van der Waals surface area (Å²) in [5.74, 6) is 0.901. The first-order chi connectivity index (χ1) is 17.0. The summed E-state index contributed by atoms with van der Waals surface area (Å²) in [6.07, 6.45) is -0.784. The molecule has 0 bridgehead atoms. The van der Waals surface area contributed by atoms with Crippen molar-refractivity contribution in [3.05, 3.63) is 82.4 Å². The van der Waals surface area contributed by atoms with Crippen molar-refractivity contribution in [3.8, 4) is 23.0 Å². The number of carbonyl (C=O) groups is 2. The van der Waals surface area contributed by atoms with Gasteiger partial charge in [-0.2, -0.15) is 0 Å². The Morgan fingerprint density at radius 1 is 0.657 bits per heavy atom. The highest BCUT2D eigenvalue weighted by molar-refractivity contribution is 6.27. The first-order valence-corrected chi connectivity index (χ1v) is 10.8. The predicted octanol–water partition coefficient (Wildman–Crippen LogP) is 4.41. The Morgan fingerprint density at radius 2 is 1.29 bits per heavy atom. The first kappa shape index (κ1) is 22.3. The smallest absolute Gasteiger partial charge is 0.344 e. The molecule has 0 spiro atoms. The van der Waals surface area contributed by atoms with Crippen LogP contribution in [0.5, 0.6) is 23.0 Å². The molecule has 0 radical (unpaired) electrons. The zero-order valence-electron chi connectivity index (χ0n) is 19.5. The van der Waals surface area contributed by atoms with E-state index in [0.29, 0.717) is 50.8 Å². The molecule has 0 aromatic heterocycles. The Labute approximate surface area is 201 Å². The van der Waals surface area contributed by atoms with Crippen molar-refractivity contribution in [2.24, 2.45) is 0 Å². The molecule has 0 saturated carbocycles. The first-order valence-electron chi connectivity index (χ1n) is 10.8. The summed E-state index contributed by atoms with van der Waals surface area (Å²) in [6, 6.07) is 15.6. The summed E-state index contributed by atoms with van der Waals surface area (Å²) in [4.78, 5) is 26.0. The lowest BCUT2D eigenvalue weighted by Crippen LogP contribution is -2.23. The highest BCUT2D eigenvalue weighted by Crippen LogP contribution is 2.48. The fourth-order valence-corrected chi connectivity index (χ4v) is 4.39. The van der Waals surface area contributed by atoms with E-state index in [9.17, 15) is 9.59 Å². The number of carbonyl (C=O) groups excluding carboxylic acids is 2. The zero-order valence-corrected chi connectivity index (χ0v) is 19.5. The van der Waals surface area contributed by atoms with Crippen LogP contribution in [0.25, 0.3) is 11.3 Å². The predicted molar refractivity (Wildman–Crippen MR) is 126 cm³/mol. The molecule has 8 heteroatoms. The number of ether oxygens (including phenoxy) is 6. The third kappa shape index (κ3) is 3.54. The van der Waals surface area contributed by atoms with Crippen molar-refractivity contribution in [2.45, 2.75) is 6.10 Å². The van der Waals surface area contributed by atoms with Crippen molar-refractivity contribution in [1.82, 2.24) is 0 Å². The number of hydrogen-bond donors (Lipinski definition) is 0. The SMILES string of the molecule is COc1ccc([C@@H]2OC(=O)/C(=C3/OC(=O)c4ccccc43)c3cc(OC)c(OC)cc32)cc1OC. The second kappa shape index (κ2) is 8.72. The molecule has 178 valence electrons. The van der Waals surface area contributed by atoms with Crippen LogP contribution in [-0.4, -0.2) is 40.4 Å². The van der Waals surface area contributed by atoms with Crippen LogP contribution in [0.15, 0.2) is 54.6 Å². The number of hydrogen-bond acceptors (Lipinski definition) is 8. The van der Waals surface area contributed by atoms with Gasteiger partial charge in [-0.15, -0.1) is 0 Å². The lowest BCUT2D eigenvalue weighted by molar-refractivity contribution is -0.141. The summed E-state index contributed by atoms with van der Waals surface area (Å²) in [7, 11) is 6.11. The van der Waals surface area contributed by atoms with E-state index in [4.69, 9.17) is 28.4 Å². The van der Waals surface area contributed by atoms with Crippen LogP contribution in [0.3, 0.4) is 0 Å². The summed E-state index contributed by atoms with van der Waals surface area (Å²) >= 11 is 0. The molecular formula is C27H22O8. The van der Waals surface area contributed by atoms with E-state index < -0.39 is 18.0 Å². The van der Waals surface area contributed by atoms with Crippen LogP contribution in [-0.2, 0) is 14.3 Å². The standard InChI is InChI=1S/C27H22O8/c1-30-19-10-9-14(11-20(19)31-2)24-18-13-22(33-4)21(32-3)12-17(18)23(27(29)34-24)25-15-7-5-6-8-16(15)26(28)35-25/h5-13,24H,1-4H3/b25-23+/t24-/m0/s1. The van der Waals surface area contributed by atoms with Gasteiger partial charge in [0.1, 0.15) is 5.57 Å². The highest BCUT2D eigenvalue weighted by atomic mass is 16.6. The van der Waals surface area contributed by atoms with Crippen molar-refractivity contribution >= 4 is 23.3 Å². The molecule has 8 nitrogen and oxygen atoms in total. The van der Waals surface area contributed by atoms with Crippen LogP contribution in [0, 0.1) is 0 Å². The van der Waals surface area contributed by atoms with Crippen molar-refractivity contribution in [3.63, 3.8) is 0 Å². The van der Waals surface area contributed by atoms with Gasteiger partial charge in [-0.1, -0.05) is 24.3 Å². The molecule has 2 aliphatic heterocycles. The number of methoxy groups -OCH3 is 4. The van der Waals surface area contributed by atoms with Gasteiger partial charge in [0.25, 0.3) is 0 Å². The second-order valence-corrected chi connectivity index (χ2v) is 7.83. The van der Waals surface area contributed by atoms with E-state index in [0.717, 1.165) is 0 Å². The molecular weight excluding hydrogens is 452 g/mol. The largest absolute Gasteiger partial charge is 0.493 e. The maximum absolute atomic E-state index is 13.5. The summed E-state index contributed by atoms with van der Waals surface area (Å²) in [5, 5.41) is 0. The van der Waals surface area contributed by atoms with Gasteiger partial charge in [-0.25, -0.2) is 9.59 Å². The Morgan fingerprint density at radius 3 is 1.97 bits per heavy atom. The van der Waals surface area contributed by atoms with Gasteiger partial charge in [0.2, 0.25) is 0 Å². The second-order valence-electron chi connectivity index (χ2n) is 7.83. The molecule has 0 unspecified atom stereocenters. The van der Waals surface area contributed by atoms with Gasteiger partial charge in [0.05, 0.1) is 34.0 Å². The summed E-state index contributed by atoms with van der Waals surface area (Å²) in [6.45, 7) is 0. The Bertz CT molecular complexity index is 1390. The fourth-order valence-electron chi connectivity index (χ4n) is 4.39. The number of esters is 2. The Hall–Kier alpha value is -4.46. The van der Waals surface area contributed by atoms with Gasteiger partial charge in [0.15, 0.2) is 34.9 Å². The minimum Gasteiger partial charge on any atom is -0.493 e. The van der Waals surface area contributed by atoms with Crippen LogP contribution < -0.4 is 18.9 Å². The third-order valence-electron chi connectivity index (χ3n) is 6.06. The molecule has 2 aliphatic rings. The molecule has 0 N–H and O–H groups in total. The Balaban J connectivity index is 1.76. The van der Waals surface area contributed by atoms with Gasteiger partial charge in [-0.3, -0.25) is 0 Å². The average molecular weight is 474 g/mol. The lowest BCUT2D eigenvalue weighted by Gasteiger charge is -2.29. The van der Waals surface area contributed by atoms with E-state index in [2.05, 4.69) is 0 Å². The van der Waals surface area contributed by atoms with Crippen LogP contribution >= 0.6 is 0 Å². The topological polar surface area (TPSA) is 89.5 Å². The van der Waals surface area contributed by atoms with Crippen LogP contribution in [0.1, 0.15) is 38.7 Å². The van der Waals surface area contributed by atoms with Gasteiger partial charge in [-0.05, 0) is 30.3 Å². The molecule has 0 saturated heterocycles. The van der Waals surface area contributed by atoms with E-state index >= 15 is 0 Å². The number of fused-ring (bicyclic) bond motifs is 2. The minimum atomic E-state index is -0.784. The monoisotopic (exact) mass is 474 g/mol. The molecule has 3 aromatic carbocycles. The molecule has 3 aromatic rings. The quantitative estimate of drug-likeness (QED) is 0.397. The van der Waals surface area contributed by atoms with Crippen LogP contribution in [0.4, 0.5) is 0 Å². The molecule has 0 fully saturated rings. The van der Waals surface area contributed by atoms with Gasteiger partial charge in [0, 0.05) is 22.3 Å². The molecule has 2 heterocycles. The number of rotatable bonds is 5. The fraction of sp³-hybridized carbons (Fsp3) is 0.185. The zero-order chi connectivity index (χ0) is 24.7. The van der Waals surface area contributed by atoms with Gasteiger partial charge >= 0.3 is 11.9 Å². The van der Waals surface area contributed by atoms with E-state index in [1.54, 1.807) is 61.7 Å². The molecule has 35 heavy (non-hydrogen) atoms. The Kier molecular flexibility index (Phi) is 5.56. The molecule has 0 amide bonds. The minimum absolute atomic E-state index is 0.135. The normalized spacial score (nSPS) is 18.2.